The van der Waals surface area contributed by atoms with Crippen molar-refractivity contribution in [3.8, 4) is 22.4 Å². The van der Waals surface area contributed by atoms with Gasteiger partial charge in [-0.1, -0.05) is 54.6 Å². The first-order valence-corrected chi connectivity index (χ1v) is 12.0. The van der Waals surface area contributed by atoms with E-state index in [9.17, 15) is 8.42 Å². The zero-order valence-electron chi connectivity index (χ0n) is 17.6. The van der Waals surface area contributed by atoms with Gasteiger partial charge in [0.15, 0.2) is 15.5 Å². The zero-order chi connectivity index (χ0) is 23.0. The van der Waals surface area contributed by atoms with E-state index in [1.54, 1.807) is 24.3 Å². The topological polar surface area (TPSA) is 127 Å². The summed E-state index contributed by atoms with van der Waals surface area (Å²) >= 11 is 0. The first kappa shape index (κ1) is 20.7. The van der Waals surface area contributed by atoms with E-state index in [0.717, 1.165) is 11.1 Å². The Balaban J connectivity index is 1.60. The number of nitrogen functional groups attached to an aromatic ring is 1. The van der Waals surface area contributed by atoms with E-state index in [4.69, 9.17) is 5.73 Å². The largest absolute Gasteiger partial charge is 0.397 e. The average Bonchev–Trinajstić information content (AvgIpc) is 3.29. The van der Waals surface area contributed by atoms with E-state index in [0.29, 0.717) is 39.7 Å². The molecule has 0 aliphatic heterocycles. The number of fused-ring (bicyclic) bond motifs is 1. The standard InChI is InChI=1S/C24H20N6O2S/c1-33(31,32)17-10-5-9-16(13-17)21-22-23(27-14-26-22)30-24(29-21)28-19-12-6-11-18(20(19)25)15-7-3-2-4-8-15/h2-14H,25H2,1H3,(H2,26,27,28,29,30). The van der Waals surface area contributed by atoms with Gasteiger partial charge in [0.1, 0.15) is 11.2 Å². The highest BCUT2D eigenvalue weighted by atomic mass is 32.2. The third-order valence-corrected chi connectivity index (χ3v) is 6.37. The van der Waals surface area contributed by atoms with E-state index in [2.05, 4.69) is 25.3 Å². The Bertz CT molecular complexity index is 1580. The monoisotopic (exact) mass is 456 g/mol. The van der Waals surface area contributed by atoms with Gasteiger partial charge >= 0.3 is 0 Å². The fraction of sp³-hybridized carbons (Fsp3) is 0.0417. The second-order valence-electron chi connectivity index (χ2n) is 7.55. The number of benzene rings is 3. The highest BCUT2D eigenvalue weighted by Gasteiger charge is 2.16. The Kier molecular flexibility index (Phi) is 5.02. The Morgan fingerprint density at radius 3 is 2.45 bits per heavy atom. The number of hydrogen-bond donors (Lipinski definition) is 3. The van der Waals surface area contributed by atoms with Gasteiger partial charge in [-0.25, -0.2) is 18.4 Å². The molecule has 5 rings (SSSR count). The number of sulfone groups is 1. The number of nitrogens with two attached hydrogens (primary N) is 1. The van der Waals surface area contributed by atoms with Gasteiger partial charge in [-0.3, -0.25) is 0 Å². The van der Waals surface area contributed by atoms with Crippen molar-refractivity contribution in [1.29, 1.82) is 0 Å². The number of anilines is 3. The molecule has 0 unspecified atom stereocenters. The summed E-state index contributed by atoms with van der Waals surface area (Å²) in [5, 5.41) is 3.20. The molecule has 2 heterocycles. The predicted octanol–water partition coefficient (Wildman–Crippen LogP) is 4.42. The lowest BCUT2D eigenvalue weighted by molar-refractivity contribution is 0.602. The van der Waals surface area contributed by atoms with Crippen LogP contribution in [0.1, 0.15) is 0 Å². The number of nitrogens with one attached hydrogen (secondary N) is 2. The van der Waals surface area contributed by atoms with Gasteiger partial charge in [0.05, 0.1) is 22.6 Å². The number of hydrogen-bond acceptors (Lipinski definition) is 7. The fourth-order valence-corrected chi connectivity index (χ4v) is 4.30. The highest BCUT2D eigenvalue weighted by Crippen LogP contribution is 2.34. The van der Waals surface area contributed by atoms with Gasteiger partial charge in [-0.2, -0.15) is 4.98 Å². The van der Waals surface area contributed by atoms with Crippen molar-refractivity contribution in [3.63, 3.8) is 0 Å². The molecule has 5 aromatic rings. The van der Waals surface area contributed by atoms with Gasteiger partial charge in [-0.15, -0.1) is 0 Å². The lowest BCUT2D eigenvalue weighted by atomic mass is 10.0. The highest BCUT2D eigenvalue weighted by molar-refractivity contribution is 7.90. The number of rotatable bonds is 5. The summed E-state index contributed by atoms with van der Waals surface area (Å²) in [6.45, 7) is 0. The number of aromatic nitrogens is 4. The Morgan fingerprint density at radius 1 is 0.909 bits per heavy atom. The van der Waals surface area contributed by atoms with Gasteiger partial charge in [-0.05, 0) is 23.8 Å². The molecule has 0 bridgehead atoms. The van der Waals surface area contributed by atoms with Crippen molar-refractivity contribution in [2.24, 2.45) is 0 Å². The van der Waals surface area contributed by atoms with Crippen molar-refractivity contribution in [2.75, 3.05) is 17.3 Å². The minimum atomic E-state index is -3.37. The Labute approximate surface area is 190 Å². The lowest BCUT2D eigenvalue weighted by Crippen LogP contribution is -2.03. The molecule has 0 fully saturated rings. The molecule has 0 amide bonds. The van der Waals surface area contributed by atoms with Crippen LogP contribution in [0.25, 0.3) is 33.5 Å². The van der Waals surface area contributed by atoms with E-state index in [1.807, 2.05) is 48.5 Å². The lowest BCUT2D eigenvalue weighted by Gasteiger charge is -2.13. The van der Waals surface area contributed by atoms with Crippen molar-refractivity contribution < 1.29 is 8.42 Å². The van der Waals surface area contributed by atoms with E-state index < -0.39 is 9.84 Å². The molecule has 3 aromatic carbocycles. The maximum Gasteiger partial charge on any atom is 0.230 e. The normalized spacial score (nSPS) is 11.5. The van der Waals surface area contributed by atoms with Crippen LogP contribution in [-0.2, 0) is 9.84 Å². The molecule has 0 aliphatic rings. The Morgan fingerprint density at radius 2 is 1.67 bits per heavy atom. The van der Waals surface area contributed by atoms with Crippen LogP contribution in [-0.4, -0.2) is 34.6 Å². The molecular weight excluding hydrogens is 436 g/mol. The summed E-state index contributed by atoms with van der Waals surface area (Å²) in [5.41, 5.74) is 11.8. The maximum absolute atomic E-state index is 12.0. The van der Waals surface area contributed by atoms with Crippen LogP contribution < -0.4 is 11.1 Å². The summed E-state index contributed by atoms with van der Waals surface area (Å²) in [7, 11) is -3.37. The Hall–Kier alpha value is -4.24. The summed E-state index contributed by atoms with van der Waals surface area (Å²) in [5.74, 6) is 0.297. The molecule has 0 saturated carbocycles. The van der Waals surface area contributed by atoms with Gasteiger partial charge < -0.3 is 16.0 Å². The molecule has 2 aromatic heterocycles. The van der Waals surface area contributed by atoms with Crippen molar-refractivity contribution in [2.45, 2.75) is 4.90 Å². The van der Waals surface area contributed by atoms with Gasteiger partial charge in [0.2, 0.25) is 5.95 Å². The zero-order valence-corrected chi connectivity index (χ0v) is 18.5. The second-order valence-corrected chi connectivity index (χ2v) is 9.57. The molecule has 8 nitrogen and oxygen atoms in total. The molecule has 0 saturated heterocycles. The number of H-pyrrole nitrogens is 1. The third kappa shape index (κ3) is 4.01. The summed E-state index contributed by atoms with van der Waals surface area (Å²) in [6.07, 6.45) is 2.70. The second kappa shape index (κ2) is 8.03. The first-order chi connectivity index (χ1) is 15.9. The summed E-state index contributed by atoms with van der Waals surface area (Å²) < 4.78 is 24.1. The molecule has 9 heteroatoms. The predicted molar refractivity (Wildman–Crippen MR) is 130 cm³/mol. The number of nitrogens with zero attached hydrogens (tertiary/aromatic N) is 3. The molecule has 0 spiro atoms. The molecule has 0 atom stereocenters. The van der Waals surface area contributed by atoms with E-state index >= 15 is 0 Å². The first-order valence-electron chi connectivity index (χ1n) is 10.1. The minimum Gasteiger partial charge on any atom is -0.397 e. The minimum absolute atomic E-state index is 0.209. The van der Waals surface area contributed by atoms with E-state index in [-0.39, 0.29) is 4.90 Å². The maximum atomic E-state index is 12.0. The molecular formula is C24H20N6O2S. The molecule has 0 radical (unpaired) electrons. The van der Waals surface area contributed by atoms with Crippen LogP contribution >= 0.6 is 0 Å². The van der Waals surface area contributed by atoms with Crippen molar-refractivity contribution >= 4 is 38.3 Å². The van der Waals surface area contributed by atoms with Crippen LogP contribution in [0.3, 0.4) is 0 Å². The quantitative estimate of drug-likeness (QED) is 0.334. The number of aromatic amines is 1. The van der Waals surface area contributed by atoms with Gasteiger partial charge in [0.25, 0.3) is 0 Å². The van der Waals surface area contributed by atoms with E-state index in [1.165, 1.54) is 12.6 Å². The summed E-state index contributed by atoms with van der Waals surface area (Å²) in [6, 6.07) is 22.2. The molecule has 4 N–H and O–H groups in total. The average molecular weight is 457 g/mol. The summed E-state index contributed by atoms with van der Waals surface area (Å²) in [4.78, 5) is 16.7. The smallest absolute Gasteiger partial charge is 0.230 e. The number of para-hydroxylation sites is 1. The van der Waals surface area contributed by atoms with Gasteiger partial charge in [0, 0.05) is 17.4 Å². The van der Waals surface area contributed by atoms with Crippen LogP contribution in [0.5, 0.6) is 0 Å². The SMILES string of the molecule is CS(=O)(=O)c1cccc(-c2nc(Nc3cccc(-c4ccccc4)c3N)nc3nc[nH]c23)c1. The van der Waals surface area contributed by atoms with Crippen LogP contribution in [0.15, 0.2) is 84.0 Å². The van der Waals surface area contributed by atoms with Crippen molar-refractivity contribution in [1.82, 2.24) is 19.9 Å². The molecule has 33 heavy (non-hydrogen) atoms. The van der Waals surface area contributed by atoms with Crippen LogP contribution in [0, 0.1) is 0 Å². The van der Waals surface area contributed by atoms with Crippen LogP contribution in [0.4, 0.5) is 17.3 Å². The van der Waals surface area contributed by atoms with Crippen LogP contribution in [0.2, 0.25) is 0 Å². The molecule has 164 valence electrons. The van der Waals surface area contributed by atoms with Crippen molar-refractivity contribution in [3.05, 3.63) is 79.1 Å². The number of imidazole rings is 1. The fourth-order valence-electron chi connectivity index (χ4n) is 3.64. The molecule has 0 aliphatic carbocycles. The third-order valence-electron chi connectivity index (χ3n) is 5.26.